The summed E-state index contributed by atoms with van der Waals surface area (Å²) in [6.45, 7) is 0.358. The first kappa shape index (κ1) is 24.2. The molecule has 3 rings (SSSR count). The molecule has 1 aromatic carbocycles. The van der Waals surface area contributed by atoms with E-state index in [0.29, 0.717) is 4.88 Å². The van der Waals surface area contributed by atoms with Crippen molar-refractivity contribution in [1.82, 2.24) is 10.6 Å². The van der Waals surface area contributed by atoms with Crippen molar-refractivity contribution in [2.24, 2.45) is 0 Å². The summed E-state index contributed by atoms with van der Waals surface area (Å²) in [5, 5.41) is 14.5. The van der Waals surface area contributed by atoms with Gasteiger partial charge in [-0.2, -0.15) is 0 Å². The molecule has 176 valence electrons. The average Bonchev–Trinajstić information content (AvgIpc) is 3.25. The van der Waals surface area contributed by atoms with Gasteiger partial charge in [0.15, 0.2) is 30.5 Å². The molecule has 2 heterocycles. The van der Waals surface area contributed by atoms with Crippen LogP contribution in [0.15, 0.2) is 30.3 Å². The molecule has 0 bridgehead atoms. The van der Waals surface area contributed by atoms with E-state index in [0.717, 1.165) is 25.1 Å². The fraction of sp³-hybridized carbons (Fsp3) is 0.364. The number of fused-ring (bicyclic) bond motifs is 1. The molecule has 2 aromatic rings. The van der Waals surface area contributed by atoms with Crippen molar-refractivity contribution in [2.45, 2.75) is 19.4 Å². The number of amides is 1. The van der Waals surface area contributed by atoms with Crippen molar-refractivity contribution < 1.29 is 38.5 Å². The van der Waals surface area contributed by atoms with Crippen LogP contribution in [0.2, 0.25) is 0 Å². The summed E-state index contributed by atoms with van der Waals surface area (Å²) >= 11 is 1.44. The van der Waals surface area contributed by atoms with Gasteiger partial charge in [-0.3, -0.25) is 9.59 Å². The minimum atomic E-state index is -1.14. The third kappa shape index (κ3) is 7.58. The first-order chi connectivity index (χ1) is 15.9. The first-order valence-electron chi connectivity index (χ1n) is 10.3. The molecule has 33 heavy (non-hydrogen) atoms. The number of rotatable bonds is 12. The monoisotopic (exact) mass is 476 g/mol. The lowest BCUT2D eigenvalue weighted by Crippen LogP contribution is -2.29. The van der Waals surface area contributed by atoms with Crippen LogP contribution >= 0.6 is 11.3 Å². The van der Waals surface area contributed by atoms with Gasteiger partial charge in [-0.15, -0.1) is 11.3 Å². The third-order valence-corrected chi connectivity index (χ3v) is 5.84. The number of nitrogens with one attached hydrogen (secondary N) is 2. The number of carboxylic acid groups (broad SMARTS) is 1. The molecule has 3 N–H and O–H groups in total. The van der Waals surface area contributed by atoms with Gasteiger partial charge in [-0.1, -0.05) is 12.1 Å². The summed E-state index contributed by atoms with van der Waals surface area (Å²) in [6.07, 6.45) is 0.845. The van der Waals surface area contributed by atoms with E-state index in [1.807, 2.05) is 6.07 Å². The molecule has 1 aliphatic rings. The van der Waals surface area contributed by atoms with Crippen LogP contribution in [-0.4, -0.2) is 61.6 Å². The Morgan fingerprint density at radius 1 is 1.09 bits per heavy atom. The van der Waals surface area contributed by atoms with Gasteiger partial charge in [-0.05, 0) is 30.2 Å². The quantitative estimate of drug-likeness (QED) is 0.385. The number of para-hydroxylation sites is 2. The number of esters is 1. The Balaban J connectivity index is 1.33. The van der Waals surface area contributed by atoms with Crippen molar-refractivity contribution >= 4 is 35.0 Å². The van der Waals surface area contributed by atoms with Crippen molar-refractivity contribution in [3.63, 3.8) is 0 Å². The second kappa shape index (κ2) is 12.0. The molecular formula is C22H24N2O8S. The average molecular weight is 477 g/mol. The Hall–Kier alpha value is -3.44. The Bertz CT molecular complexity index is 996. The van der Waals surface area contributed by atoms with E-state index >= 15 is 0 Å². The number of thiophene rings is 1. The fourth-order valence-electron chi connectivity index (χ4n) is 3.00. The van der Waals surface area contributed by atoms with Gasteiger partial charge in [0, 0.05) is 24.4 Å². The molecule has 0 spiro atoms. The molecule has 1 amide bonds. The van der Waals surface area contributed by atoms with Gasteiger partial charge in [0.25, 0.3) is 5.91 Å². The smallest absolute Gasteiger partial charge is 0.344 e. The number of carbonyl (C=O) groups is 4. The molecule has 0 radical (unpaired) electrons. The third-order valence-electron chi connectivity index (χ3n) is 4.60. The lowest BCUT2D eigenvalue weighted by Gasteiger charge is -2.11. The molecule has 0 saturated heterocycles. The number of benzene rings is 1. The minimum absolute atomic E-state index is 0.0464. The molecule has 0 fully saturated rings. The normalized spacial score (nSPS) is 12.4. The fourth-order valence-corrected chi connectivity index (χ4v) is 4.10. The number of hydrogen-bond donors (Lipinski definition) is 3. The molecule has 0 atom stereocenters. The van der Waals surface area contributed by atoms with Crippen molar-refractivity contribution in [1.29, 1.82) is 0 Å². The van der Waals surface area contributed by atoms with Crippen molar-refractivity contribution in [2.75, 3.05) is 32.9 Å². The van der Waals surface area contributed by atoms with Gasteiger partial charge < -0.3 is 30.0 Å². The maximum Gasteiger partial charge on any atom is 0.344 e. The number of hydrogen-bond acceptors (Lipinski definition) is 9. The predicted octanol–water partition coefficient (Wildman–Crippen LogP) is 1.17. The van der Waals surface area contributed by atoms with E-state index in [-0.39, 0.29) is 42.8 Å². The van der Waals surface area contributed by atoms with E-state index in [1.165, 1.54) is 28.3 Å². The zero-order valence-corrected chi connectivity index (χ0v) is 18.6. The maximum atomic E-state index is 12.3. The lowest BCUT2D eigenvalue weighted by atomic mass is 10.1. The first-order valence-corrected chi connectivity index (χ1v) is 11.1. The van der Waals surface area contributed by atoms with Crippen LogP contribution in [0.5, 0.6) is 11.5 Å². The molecule has 10 nitrogen and oxygen atoms in total. The molecule has 0 saturated carbocycles. The van der Waals surface area contributed by atoms with Crippen molar-refractivity contribution in [3.8, 4) is 11.5 Å². The van der Waals surface area contributed by atoms with E-state index in [4.69, 9.17) is 19.3 Å². The van der Waals surface area contributed by atoms with Crippen LogP contribution in [0.4, 0.5) is 0 Å². The Kier molecular flexibility index (Phi) is 8.79. The number of aliphatic carboxylic acids is 1. The van der Waals surface area contributed by atoms with Gasteiger partial charge >= 0.3 is 11.9 Å². The zero-order valence-electron chi connectivity index (χ0n) is 17.8. The van der Waals surface area contributed by atoms with E-state index in [9.17, 15) is 19.2 Å². The van der Waals surface area contributed by atoms with E-state index in [1.54, 1.807) is 12.1 Å². The SMILES string of the molecule is O=C(O)COc1ccccc1OCC(=O)OCCC(=O)CNC(=O)c1cc2c(s1)CCNC2. The van der Waals surface area contributed by atoms with Gasteiger partial charge in [-0.25, -0.2) is 9.59 Å². The molecule has 0 unspecified atom stereocenters. The van der Waals surface area contributed by atoms with Gasteiger partial charge in [0.05, 0.1) is 18.0 Å². The minimum Gasteiger partial charge on any atom is -0.479 e. The summed E-state index contributed by atoms with van der Waals surface area (Å²) in [4.78, 5) is 48.5. The van der Waals surface area contributed by atoms with Gasteiger partial charge in [0.1, 0.15) is 0 Å². The van der Waals surface area contributed by atoms with Crippen LogP contribution in [0, 0.1) is 0 Å². The van der Waals surface area contributed by atoms with Crippen LogP contribution in [0.25, 0.3) is 0 Å². The molecular weight excluding hydrogens is 452 g/mol. The highest BCUT2D eigenvalue weighted by Crippen LogP contribution is 2.26. The summed E-state index contributed by atoms with van der Waals surface area (Å²) in [5.74, 6) is -2.03. The number of carboxylic acids is 1. The van der Waals surface area contributed by atoms with Gasteiger partial charge in [0.2, 0.25) is 0 Å². The number of Topliss-reactive ketones (excluding diaryl/α,β-unsaturated/α-hetero) is 1. The van der Waals surface area contributed by atoms with Crippen LogP contribution in [0.1, 0.15) is 26.5 Å². The largest absolute Gasteiger partial charge is 0.479 e. The second-order valence-corrected chi connectivity index (χ2v) is 8.23. The van der Waals surface area contributed by atoms with E-state index in [2.05, 4.69) is 10.6 Å². The molecule has 0 aliphatic carbocycles. The standard InChI is InChI=1S/C22H24N2O8S/c25-15(11-24-22(29)19-9-14-10-23-7-5-18(14)33-19)6-8-30-21(28)13-32-17-4-2-1-3-16(17)31-12-20(26)27/h1-4,9,23H,5-8,10-13H2,(H,24,29)(H,26,27). The maximum absolute atomic E-state index is 12.3. The van der Waals surface area contributed by atoms with E-state index < -0.39 is 25.2 Å². The van der Waals surface area contributed by atoms with Crippen LogP contribution < -0.4 is 20.1 Å². The highest BCUT2D eigenvalue weighted by Gasteiger charge is 2.17. The Morgan fingerprint density at radius 3 is 2.52 bits per heavy atom. The predicted molar refractivity (Wildman–Crippen MR) is 118 cm³/mol. The van der Waals surface area contributed by atoms with Crippen LogP contribution in [0.3, 0.4) is 0 Å². The Morgan fingerprint density at radius 2 is 1.82 bits per heavy atom. The van der Waals surface area contributed by atoms with Crippen LogP contribution in [-0.2, 0) is 32.1 Å². The number of ether oxygens (including phenoxy) is 3. The summed E-state index contributed by atoms with van der Waals surface area (Å²) in [7, 11) is 0. The lowest BCUT2D eigenvalue weighted by molar-refractivity contribution is -0.146. The summed E-state index contributed by atoms with van der Waals surface area (Å²) in [6, 6.07) is 8.16. The topological polar surface area (TPSA) is 140 Å². The Labute approximate surface area is 193 Å². The summed E-state index contributed by atoms with van der Waals surface area (Å²) in [5.41, 5.74) is 1.12. The molecule has 11 heteroatoms. The molecule has 1 aliphatic heterocycles. The molecule has 1 aromatic heterocycles. The number of ketones is 1. The highest BCUT2D eigenvalue weighted by atomic mass is 32.1. The zero-order chi connectivity index (χ0) is 23.6. The second-order valence-electron chi connectivity index (χ2n) is 7.10. The highest BCUT2D eigenvalue weighted by molar-refractivity contribution is 7.14. The summed E-state index contributed by atoms with van der Waals surface area (Å²) < 4.78 is 15.4. The number of carbonyl (C=O) groups excluding carboxylic acids is 3. The van der Waals surface area contributed by atoms with Crippen molar-refractivity contribution in [3.05, 3.63) is 45.6 Å².